The van der Waals surface area contributed by atoms with Crippen LogP contribution < -0.4 is 11.1 Å². The molecule has 1 amide bonds. The number of nitrogens with zero attached hydrogens (tertiary/aromatic N) is 4. The number of hydrogen-bond acceptors (Lipinski definition) is 4. The van der Waals surface area contributed by atoms with E-state index in [0.29, 0.717) is 6.54 Å². The molecule has 0 fully saturated rings. The van der Waals surface area contributed by atoms with E-state index in [1.165, 1.54) is 4.68 Å². The van der Waals surface area contributed by atoms with Crippen LogP contribution in [0.2, 0.25) is 0 Å². The van der Waals surface area contributed by atoms with Crippen molar-refractivity contribution in [3.8, 4) is 0 Å². The maximum absolute atomic E-state index is 10.7. The Morgan fingerprint density at radius 1 is 1.59 bits per heavy atom. The summed E-state index contributed by atoms with van der Waals surface area (Å²) in [6.07, 6.45) is 7.00. The Morgan fingerprint density at radius 2 is 2.41 bits per heavy atom. The molecule has 2 rings (SSSR count). The number of hydrogen-bond donors (Lipinski definition) is 2. The molecule has 0 saturated carbocycles. The van der Waals surface area contributed by atoms with Gasteiger partial charge < -0.3 is 15.6 Å². The highest BCUT2D eigenvalue weighted by molar-refractivity contribution is 5.73. The molecule has 90 valence electrons. The van der Waals surface area contributed by atoms with Crippen LogP contribution in [0, 0.1) is 0 Å². The molecule has 0 aliphatic carbocycles. The number of rotatable bonds is 5. The fourth-order valence-electron chi connectivity index (χ4n) is 1.45. The first kappa shape index (κ1) is 11.2. The molecule has 7 heteroatoms. The first-order valence-corrected chi connectivity index (χ1v) is 5.16. The summed E-state index contributed by atoms with van der Waals surface area (Å²) in [6.45, 7) is 0.690. The molecule has 0 saturated heterocycles. The number of primary amides is 1. The van der Waals surface area contributed by atoms with Crippen molar-refractivity contribution in [2.45, 2.75) is 13.1 Å². The molecule has 0 aliphatic heterocycles. The second kappa shape index (κ2) is 4.69. The van der Waals surface area contributed by atoms with Gasteiger partial charge in [0.1, 0.15) is 12.4 Å². The average Bonchev–Trinajstić information content (AvgIpc) is 2.84. The predicted octanol–water partition coefficient (Wildman–Crippen LogP) is -0.286. The van der Waals surface area contributed by atoms with E-state index in [1.807, 2.05) is 17.8 Å². The summed E-state index contributed by atoms with van der Waals surface area (Å²) < 4.78 is 3.42. The fraction of sp³-hybridized carbons (Fsp3) is 0.300. The first-order valence-electron chi connectivity index (χ1n) is 5.16. The van der Waals surface area contributed by atoms with E-state index in [0.717, 1.165) is 11.5 Å². The molecule has 0 aliphatic rings. The number of aryl methyl sites for hydroxylation is 1. The summed E-state index contributed by atoms with van der Waals surface area (Å²) in [4.78, 5) is 14.9. The van der Waals surface area contributed by atoms with E-state index in [4.69, 9.17) is 5.73 Å². The Kier molecular flexibility index (Phi) is 3.08. The highest BCUT2D eigenvalue weighted by Gasteiger charge is 2.02. The number of nitrogens with two attached hydrogens (primary N) is 1. The third-order valence-corrected chi connectivity index (χ3v) is 2.32. The zero-order chi connectivity index (χ0) is 12.3. The van der Waals surface area contributed by atoms with Crippen LogP contribution in [0.3, 0.4) is 0 Å². The van der Waals surface area contributed by atoms with Crippen molar-refractivity contribution in [1.82, 2.24) is 19.3 Å². The maximum atomic E-state index is 10.7. The zero-order valence-electron chi connectivity index (χ0n) is 9.50. The predicted molar refractivity (Wildman–Crippen MR) is 62.0 cm³/mol. The Bertz CT molecular complexity index is 514. The molecule has 0 atom stereocenters. The topological polar surface area (TPSA) is 90.8 Å². The Balaban J connectivity index is 1.93. The standard InChI is InChI=1S/C10H14N6O/c1-15-3-2-12-10(15)5-13-8-4-14-16(6-8)7-9(11)17/h2-4,6,13H,5,7H2,1H3,(H2,11,17). The second-order valence-corrected chi connectivity index (χ2v) is 3.70. The van der Waals surface area contributed by atoms with Crippen molar-refractivity contribution in [2.24, 2.45) is 12.8 Å². The summed E-state index contributed by atoms with van der Waals surface area (Å²) in [7, 11) is 1.93. The van der Waals surface area contributed by atoms with Crippen LogP contribution in [-0.2, 0) is 24.9 Å². The first-order chi connectivity index (χ1) is 8.15. The highest BCUT2D eigenvalue weighted by atomic mass is 16.1. The van der Waals surface area contributed by atoms with E-state index in [2.05, 4.69) is 15.4 Å². The lowest BCUT2D eigenvalue weighted by molar-refractivity contribution is -0.118. The SMILES string of the molecule is Cn1ccnc1CNc1cnn(CC(N)=O)c1. The normalized spacial score (nSPS) is 10.4. The molecule has 0 radical (unpaired) electrons. The van der Waals surface area contributed by atoms with Crippen LogP contribution in [0.25, 0.3) is 0 Å². The summed E-state index contributed by atoms with van der Waals surface area (Å²) in [5.74, 6) is 0.511. The van der Waals surface area contributed by atoms with Crippen LogP contribution in [0.15, 0.2) is 24.8 Å². The number of imidazole rings is 1. The number of carbonyl (C=O) groups is 1. The van der Waals surface area contributed by atoms with Gasteiger partial charge in [0, 0.05) is 25.6 Å². The Morgan fingerprint density at radius 3 is 3.06 bits per heavy atom. The summed E-state index contributed by atoms with van der Waals surface area (Å²) >= 11 is 0. The smallest absolute Gasteiger partial charge is 0.239 e. The van der Waals surface area contributed by atoms with Crippen LogP contribution in [-0.4, -0.2) is 25.2 Å². The van der Waals surface area contributed by atoms with Crippen LogP contribution >= 0.6 is 0 Å². The molecule has 2 heterocycles. The molecular formula is C10H14N6O. The molecule has 0 aromatic carbocycles. The van der Waals surface area contributed by atoms with Crippen LogP contribution in [0.4, 0.5) is 5.69 Å². The monoisotopic (exact) mass is 234 g/mol. The highest BCUT2D eigenvalue weighted by Crippen LogP contribution is 2.06. The molecule has 0 bridgehead atoms. The minimum absolute atomic E-state index is 0.0874. The second-order valence-electron chi connectivity index (χ2n) is 3.70. The van der Waals surface area contributed by atoms with Gasteiger partial charge in [-0.25, -0.2) is 4.98 Å². The van der Waals surface area contributed by atoms with Crippen molar-refractivity contribution in [2.75, 3.05) is 5.32 Å². The van der Waals surface area contributed by atoms with Gasteiger partial charge in [0.25, 0.3) is 0 Å². The molecule has 7 nitrogen and oxygen atoms in total. The molecule has 0 unspecified atom stereocenters. The van der Waals surface area contributed by atoms with E-state index >= 15 is 0 Å². The number of anilines is 1. The van der Waals surface area contributed by atoms with Gasteiger partial charge in [-0.05, 0) is 0 Å². The molecule has 2 aromatic rings. The maximum Gasteiger partial charge on any atom is 0.239 e. The van der Waals surface area contributed by atoms with Crippen molar-refractivity contribution in [3.05, 3.63) is 30.6 Å². The van der Waals surface area contributed by atoms with Gasteiger partial charge in [-0.2, -0.15) is 5.10 Å². The lowest BCUT2D eigenvalue weighted by Gasteiger charge is -2.03. The van der Waals surface area contributed by atoms with Gasteiger partial charge in [-0.15, -0.1) is 0 Å². The number of carbonyl (C=O) groups excluding carboxylic acids is 1. The van der Waals surface area contributed by atoms with Crippen molar-refractivity contribution < 1.29 is 4.79 Å². The van der Waals surface area contributed by atoms with Crippen LogP contribution in [0.1, 0.15) is 5.82 Å². The molecule has 2 aromatic heterocycles. The van der Waals surface area contributed by atoms with E-state index in [9.17, 15) is 4.79 Å². The summed E-state index contributed by atoms with van der Waals surface area (Å²) in [6, 6.07) is 0. The van der Waals surface area contributed by atoms with Crippen molar-refractivity contribution >= 4 is 11.6 Å². The Hall–Kier alpha value is -2.31. The summed E-state index contributed by atoms with van der Waals surface area (Å²) in [5.41, 5.74) is 5.90. The van der Waals surface area contributed by atoms with Gasteiger partial charge in [0.15, 0.2) is 0 Å². The van der Waals surface area contributed by atoms with Gasteiger partial charge >= 0.3 is 0 Å². The number of aromatic nitrogens is 4. The van der Waals surface area contributed by atoms with E-state index < -0.39 is 5.91 Å². The fourth-order valence-corrected chi connectivity index (χ4v) is 1.45. The molecule has 17 heavy (non-hydrogen) atoms. The van der Waals surface area contributed by atoms with Crippen molar-refractivity contribution in [3.63, 3.8) is 0 Å². The molecular weight excluding hydrogens is 220 g/mol. The minimum atomic E-state index is -0.413. The average molecular weight is 234 g/mol. The van der Waals surface area contributed by atoms with E-state index in [1.54, 1.807) is 18.6 Å². The third-order valence-electron chi connectivity index (χ3n) is 2.32. The number of nitrogens with one attached hydrogen (secondary N) is 1. The summed E-state index contributed by atoms with van der Waals surface area (Å²) in [5, 5.41) is 7.17. The largest absolute Gasteiger partial charge is 0.375 e. The van der Waals surface area contributed by atoms with Crippen LogP contribution in [0.5, 0.6) is 0 Å². The third kappa shape index (κ3) is 2.83. The van der Waals surface area contributed by atoms with Gasteiger partial charge in [-0.1, -0.05) is 0 Å². The molecule has 0 spiro atoms. The lowest BCUT2D eigenvalue weighted by Crippen LogP contribution is -2.18. The molecule has 3 N–H and O–H groups in total. The zero-order valence-corrected chi connectivity index (χ0v) is 9.50. The minimum Gasteiger partial charge on any atom is -0.375 e. The Labute approximate surface area is 98.2 Å². The van der Waals surface area contributed by atoms with Gasteiger partial charge in [0.05, 0.1) is 18.4 Å². The van der Waals surface area contributed by atoms with Gasteiger partial charge in [0.2, 0.25) is 5.91 Å². The lowest BCUT2D eigenvalue weighted by atomic mass is 10.5. The quantitative estimate of drug-likeness (QED) is 0.744. The van der Waals surface area contributed by atoms with Crippen molar-refractivity contribution in [1.29, 1.82) is 0 Å². The number of amides is 1. The van der Waals surface area contributed by atoms with E-state index in [-0.39, 0.29) is 6.54 Å². The van der Waals surface area contributed by atoms with Gasteiger partial charge in [-0.3, -0.25) is 9.48 Å².